The van der Waals surface area contributed by atoms with Crippen LogP contribution in [0.25, 0.3) is 0 Å². The Morgan fingerprint density at radius 3 is 2.27 bits per heavy atom. The fourth-order valence-corrected chi connectivity index (χ4v) is 2.85. The van der Waals surface area contributed by atoms with Crippen LogP contribution in [-0.4, -0.2) is 32.4 Å². The smallest absolute Gasteiger partial charge is 0.192 e. The molecule has 0 bridgehead atoms. The van der Waals surface area contributed by atoms with Crippen molar-refractivity contribution in [1.82, 2.24) is 25.4 Å². The molecule has 3 aromatic rings. The molecule has 1 unspecified atom stereocenters. The summed E-state index contributed by atoms with van der Waals surface area (Å²) in [7, 11) is 1.93. The monoisotopic (exact) mass is 520 g/mol. The van der Waals surface area contributed by atoms with Gasteiger partial charge in [-0.05, 0) is 25.0 Å². The van der Waals surface area contributed by atoms with E-state index in [1.54, 1.807) is 6.92 Å². The lowest BCUT2D eigenvalue weighted by Crippen LogP contribution is -2.44. The van der Waals surface area contributed by atoms with Crippen LogP contribution in [0.3, 0.4) is 0 Å². The second-order valence-corrected chi connectivity index (χ2v) is 7.22. The standard InChI is InChI=1S/C22H28N6O.HI/c1-17-26-27-20(28(17)3)15-24-21(23-14-18-10-6-4-7-11-18)25-16-22(2,29)19-12-8-5-9-13-19;/h4-13,29H,14-16H2,1-3H3,(H2,23,24,25);1H. The number of benzene rings is 2. The van der Waals surface area contributed by atoms with Gasteiger partial charge >= 0.3 is 0 Å². The first-order valence-corrected chi connectivity index (χ1v) is 9.64. The van der Waals surface area contributed by atoms with Crippen molar-refractivity contribution in [1.29, 1.82) is 0 Å². The Kier molecular flexibility index (Phi) is 8.79. The van der Waals surface area contributed by atoms with Crippen LogP contribution < -0.4 is 10.6 Å². The lowest BCUT2D eigenvalue weighted by molar-refractivity contribution is 0.0617. The molecule has 1 aromatic heterocycles. The van der Waals surface area contributed by atoms with E-state index < -0.39 is 5.60 Å². The summed E-state index contributed by atoms with van der Waals surface area (Å²) in [5.74, 6) is 2.27. The van der Waals surface area contributed by atoms with Gasteiger partial charge in [-0.1, -0.05) is 60.7 Å². The van der Waals surface area contributed by atoms with Crippen molar-refractivity contribution in [3.8, 4) is 0 Å². The molecule has 30 heavy (non-hydrogen) atoms. The van der Waals surface area contributed by atoms with Gasteiger partial charge in [0.2, 0.25) is 0 Å². The molecule has 0 saturated carbocycles. The number of guanidine groups is 1. The van der Waals surface area contributed by atoms with E-state index in [1.165, 1.54) is 0 Å². The molecular weight excluding hydrogens is 491 g/mol. The first-order valence-electron chi connectivity index (χ1n) is 9.64. The number of halogens is 1. The summed E-state index contributed by atoms with van der Waals surface area (Å²) in [6, 6.07) is 19.6. The van der Waals surface area contributed by atoms with Gasteiger partial charge in [-0.15, -0.1) is 34.2 Å². The number of rotatable bonds is 7. The molecule has 0 saturated heterocycles. The largest absolute Gasteiger partial charge is 0.384 e. The lowest BCUT2D eigenvalue weighted by atomic mass is 9.96. The number of hydrogen-bond donors (Lipinski definition) is 3. The quantitative estimate of drug-likeness (QED) is 0.254. The number of aromatic nitrogens is 3. The summed E-state index contributed by atoms with van der Waals surface area (Å²) in [5.41, 5.74) is 0.925. The summed E-state index contributed by atoms with van der Waals surface area (Å²) >= 11 is 0. The Bertz CT molecular complexity index is 941. The van der Waals surface area contributed by atoms with Gasteiger partial charge in [0.1, 0.15) is 11.4 Å². The molecule has 160 valence electrons. The molecule has 0 radical (unpaired) electrons. The van der Waals surface area contributed by atoms with Crippen LogP contribution >= 0.6 is 24.0 Å². The summed E-state index contributed by atoms with van der Waals surface area (Å²) in [4.78, 5) is 4.67. The average Bonchev–Trinajstić information content (AvgIpc) is 3.06. The molecule has 0 aliphatic carbocycles. The maximum atomic E-state index is 10.9. The van der Waals surface area contributed by atoms with Gasteiger partial charge in [0.15, 0.2) is 11.8 Å². The molecular formula is C22H29IN6O. The van der Waals surface area contributed by atoms with E-state index in [0.717, 1.165) is 22.8 Å². The number of aliphatic hydroxyl groups is 1. The fourth-order valence-electron chi connectivity index (χ4n) is 2.85. The third kappa shape index (κ3) is 6.53. The Labute approximate surface area is 194 Å². The Morgan fingerprint density at radius 2 is 1.67 bits per heavy atom. The minimum Gasteiger partial charge on any atom is -0.384 e. The van der Waals surface area contributed by atoms with E-state index in [0.29, 0.717) is 25.6 Å². The summed E-state index contributed by atoms with van der Waals surface area (Å²) < 4.78 is 1.93. The number of nitrogens with zero attached hydrogens (tertiary/aromatic N) is 4. The predicted octanol–water partition coefficient (Wildman–Crippen LogP) is 2.88. The van der Waals surface area contributed by atoms with Crippen LogP contribution in [0, 0.1) is 6.92 Å². The van der Waals surface area contributed by atoms with Gasteiger partial charge in [0.05, 0.1) is 19.6 Å². The number of hydrogen-bond acceptors (Lipinski definition) is 4. The Balaban J connectivity index is 0.00000320. The molecule has 0 aliphatic rings. The average molecular weight is 520 g/mol. The van der Waals surface area contributed by atoms with Gasteiger partial charge in [-0.25, -0.2) is 4.99 Å². The van der Waals surface area contributed by atoms with E-state index in [4.69, 9.17) is 0 Å². The third-order valence-electron chi connectivity index (χ3n) is 4.85. The molecule has 0 aliphatic heterocycles. The van der Waals surface area contributed by atoms with Gasteiger partial charge in [-0.2, -0.15) is 0 Å². The molecule has 2 aromatic carbocycles. The molecule has 3 rings (SSSR count). The first-order chi connectivity index (χ1) is 14.0. The van der Waals surface area contributed by atoms with Crippen molar-refractivity contribution in [2.75, 3.05) is 6.54 Å². The SMILES string of the molecule is Cc1nnc(CNC(=NCc2ccccc2)NCC(C)(O)c2ccccc2)n1C.I. The molecule has 1 heterocycles. The summed E-state index contributed by atoms with van der Waals surface area (Å²) in [6.07, 6.45) is 0. The highest BCUT2D eigenvalue weighted by Crippen LogP contribution is 2.18. The molecule has 0 spiro atoms. The van der Waals surface area contributed by atoms with Crippen molar-refractivity contribution in [3.63, 3.8) is 0 Å². The van der Waals surface area contributed by atoms with Crippen LogP contribution in [-0.2, 0) is 25.7 Å². The maximum absolute atomic E-state index is 10.9. The van der Waals surface area contributed by atoms with Crippen molar-refractivity contribution < 1.29 is 5.11 Å². The second-order valence-electron chi connectivity index (χ2n) is 7.22. The van der Waals surface area contributed by atoms with Gasteiger partial charge < -0.3 is 20.3 Å². The molecule has 0 amide bonds. The van der Waals surface area contributed by atoms with E-state index in [2.05, 4.69) is 25.8 Å². The second kappa shape index (κ2) is 11.1. The summed E-state index contributed by atoms with van der Waals surface area (Å²) in [6.45, 7) is 5.02. The minimum absolute atomic E-state index is 0. The predicted molar refractivity (Wildman–Crippen MR) is 130 cm³/mol. The van der Waals surface area contributed by atoms with Crippen molar-refractivity contribution in [3.05, 3.63) is 83.4 Å². The van der Waals surface area contributed by atoms with Crippen LogP contribution in [0.5, 0.6) is 0 Å². The Morgan fingerprint density at radius 1 is 1.03 bits per heavy atom. The van der Waals surface area contributed by atoms with Crippen LogP contribution in [0.2, 0.25) is 0 Å². The van der Waals surface area contributed by atoms with E-state index in [-0.39, 0.29) is 24.0 Å². The molecule has 1 atom stereocenters. The minimum atomic E-state index is -1.03. The first kappa shape index (κ1) is 23.8. The van der Waals surface area contributed by atoms with E-state index >= 15 is 0 Å². The fraction of sp³-hybridized carbons (Fsp3) is 0.318. The van der Waals surface area contributed by atoms with Crippen molar-refractivity contribution in [2.45, 2.75) is 32.5 Å². The maximum Gasteiger partial charge on any atom is 0.192 e. The third-order valence-corrected chi connectivity index (χ3v) is 4.85. The van der Waals surface area contributed by atoms with Crippen LogP contribution in [0.4, 0.5) is 0 Å². The Hall–Kier alpha value is -2.46. The molecule has 8 heteroatoms. The zero-order valence-corrected chi connectivity index (χ0v) is 19.9. The van der Waals surface area contributed by atoms with Crippen LogP contribution in [0.1, 0.15) is 29.7 Å². The normalized spacial score (nSPS) is 13.3. The highest BCUT2D eigenvalue weighted by Gasteiger charge is 2.23. The van der Waals surface area contributed by atoms with Gasteiger partial charge in [0.25, 0.3) is 0 Å². The lowest BCUT2D eigenvalue weighted by Gasteiger charge is -2.25. The van der Waals surface area contributed by atoms with Crippen LogP contribution in [0.15, 0.2) is 65.7 Å². The molecule has 7 nitrogen and oxygen atoms in total. The van der Waals surface area contributed by atoms with Gasteiger partial charge in [-0.3, -0.25) is 0 Å². The van der Waals surface area contributed by atoms with E-state index in [9.17, 15) is 5.11 Å². The highest BCUT2D eigenvalue weighted by atomic mass is 127. The topological polar surface area (TPSA) is 87.4 Å². The molecule has 0 fully saturated rings. The summed E-state index contributed by atoms with van der Waals surface area (Å²) in [5, 5.41) is 25.7. The number of aryl methyl sites for hydroxylation is 1. The highest BCUT2D eigenvalue weighted by molar-refractivity contribution is 14.0. The number of aliphatic imine (C=N–C) groups is 1. The van der Waals surface area contributed by atoms with Crippen molar-refractivity contribution >= 4 is 29.9 Å². The molecule has 3 N–H and O–H groups in total. The zero-order valence-electron chi connectivity index (χ0n) is 17.5. The van der Waals surface area contributed by atoms with E-state index in [1.807, 2.05) is 79.2 Å². The van der Waals surface area contributed by atoms with Gasteiger partial charge in [0, 0.05) is 7.05 Å². The number of nitrogens with one attached hydrogen (secondary N) is 2. The zero-order chi connectivity index (χ0) is 20.7. The van der Waals surface area contributed by atoms with Crippen molar-refractivity contribution in [2.24, 2.45) is 12.0 Å².